The van der Waals surface area contributed by atoms with Gasteiger partial charge in [0.05, 0.1) is 21.2 Å². The van der Waals surface area contributed by atoms with E-state index in [4.69, 9.17) is 11.6 Å². The maximum Gasteiger partial charge on any atom is 0.271 e. The average molecular weight is 306 g/mol. The number of non-ortho nitro benzene ring substituents is 1. The van der Waals surface area contributed by atoms with Gasteiger partial charge in [0.2, 0.25) is 0 Å². The summed E-state index contributed by atoms with van der Waals surface area (Å²) in [4.78, 5) is 26.4. The van der Waals surface area contributed by atoms with E-state index in [1.807, 2.05) is 0 Å². The van der Waals surface area contributed by atoms with Crippen LogP contribution in [0.5, 0.6) is 0 Å². The molecular formula is C14H12ClN3O3. The third-order valence-electron chi connectivity index (χ3n) is 2.91. The number of hydrogen-bond acceptors (Lipinski definition) is 4. The van der Waals surface area contributed by atoms with Gasteiger partial charge in [-0.25, -0.2) is 0 Å². The number of benzene rings is 1. The molecule has 1 aromatic carbocycles. The van der Waals surface area contributed by atoms with Crippen molar-refractivity contribution in [3.63, 3.8) is 0 Å². The van der Waals surface area contributed by atoms with E-state index in [-0.39, 0.29) is 16.3 Å². The van der Waals surface area contributed by atoms with Gasteiger partial charge in [-0.15, -0.1) is 0 Å². The molecule has 0 atom stereocenters. The molecule has 6 nitrogen and oxygen atoms in total. The third kappa shape index (κ3) is 3.35. The number of halogens is 1. The van der Waals surface area contributed by atoms with Gasteiger partial charge < -0.3 is 5.32 Å². The number of nitrogens with one attached hydrogen (secondary N) is 1. The molecule has 0 saturated carbocycles. The highest BCUT2D eigenvalue weighted by atomic mass is 35.5. The second kappa shape index (κ2) is 5.88. The van der Waals surface area contributed by atoms with Gasteiger partial charge in [-0.3, -0.25) is 19.9 Å². The smallest absolute Gasteiger partial charge is 0.271 e. The zero-order valence-corrected chi connectivity index (χ0v) is 12.1. The Morgan fingerprint density at radius 3 is 2.67 bits per heavy atom. The molecule has 1 amide bonds. The first-order valence-electron chi connectivity index (χ1n) is 6.07. The van der Waals surface area contributed by atoms with Crippen LogP contribution in [-0.4, -0.2) is 15.8 Å². The summed E-state index contributed by atoms with van der Waals surface area (Å²) in [5, 5.41) is 13.7. The predicted octanol–water partition coefficient (Wildman–Crippen LogP) is 3.51. The molecule has 0 radical (unpaired) electrons. The number of anilines is 1. The third-order valence-corrected chi connectivity index (χ3v) is 3.23. The highest BCUT2D eigenvalue weighted by Crippen LogP contribution is 2.23. The molecule has 0 aliphatic rings. The summed E-state index contributed by atoms with van der Waals surface area (Å²) < 4.78 is 0. The van der Waals surface area contributed by atoms with E-state index < -0.39 is 10.8 Å². The van der Waals surface area contributed by atoms with Crippen molar-refractivity contribution >= 4 is 28.9 Å². The lowest BCUT2D eigenvalue weighted by Crippen LogP contribution is -2.14. The van der Waals surface area contributed by atoms with Crippen LogP contribution in [0.25, 0.3) is 0 Å². The summed E-state index contributed by atoms with van der Waals surface area (Å²) in [6.45, 7) is 3.51. The van der Waals surface area contributed by atoms with Gasteiger partial charge in [-0.1, -0.05) is 17.7 Å². The molecule has 2 rings (SSSR count). The Balaban J connectivity index is 2.31. The van der Waals surface area contributed by atoms with Crippen molar-refractivity contribution in [2.45, 2.75) is 13.8 Å². The van der Waals surface area contributed by atoms with E-state index in [0.29, 0.717) is 16.9 Å². The molecule has 1 N–H and O–H groups in total. The van der Waals surface area contributed by atoms with Gasteiger partial charge in [0, 0.05) is 24.0 Å². The van der Waals surface area contributed by atoms with Crippen LogP contribution in [0.4, 0.5) is 11.4 Å². The normalized spacial score (nSPS) is 10.2. The molecule has 0 spiro atoms. The van der Waals surface area contributed by atoms with Gasteiger partial charge in [-0.2, -0.15) is 0 Å². The van der Waals surface area contributed by atoms with Gasteiger partial charge in [0.15, 0.2) is 0 Å². The lowest BCUT2D eigenvalue weighted by Gasteiger charge is -2.09. The van der Waals surface area contributed by atoms with E-state index in [2.05, 4.69) is 10.3 Å². The van der Waals surface area contributed by atoms with E-state index >= 15 is 0 Å². The number of aryl methyl sites for hydroxylation is 2. The number of pyridine rings is 1. The van der Waals surface area contributed by atoms with Crippen LogP contribution in [0.2, 0.25) is 5.02 Å². The van der Waals surface area contributed by atoms with Crippen molar-refractivity contribution in [1.82, 2.24) is 4.98 Å². The minimum absolute atomic E-state index is 0.0935. The Labute approximate surface area is 125 Å². The minimum atomic E-state index is -0.518. The molecular weight excluding hydrogens is 294 g/mol. The molecule has 7 heteroatoms. The summed E-state index contributed by atoms with van der Waals surface area (Å²) >= 11 is 6.00. The first-order chi connectivity index (χ1) is 9.88. The molecule has 0 aliphatic heterocycles. The van der Waals surface area contributed by atoms with Crippen molar-refractivity contribution < 1.29 is 9.72 Å². The fourth-order valence-corrected chi connectivity index (χ4v) is 2.03. The van der Waals surface area contributed by atoms with Gasteiger partial charge in [0.1, 0.15) is 0 Å². The zero-order chi connectivity index (χ0) is 15.6. The molecule has 108 valence electrons. The number of nitrogens with zero attached hydrogens (tertiary/aromatic N) is 2. The van der Waals surface area contributed by atoms with Crippen LogP contribution in [-0.2, 0) is 0 Å². The van der Waals surface area contributed by atoms with Crippen molar-refractivity contribution in [2.24, 2.45) is 0 Å². The summed E-state index contributed by atoms with van der Waals surface area (Å²) in [5.74, 6) is -0.462. The molecule has 0 aliphatic carbocycles. The first-order valence-corrected chi connectivity index (χ1v) is 6.45. The Kier molecular flexibility index (Phi) is 4.18. The fourth-order valence-electron chi connectivity index (χ4n) is 1.74. The van der Waals surface area contributed by atoms with E-state index in [1.54, 1.807) is 26.0 Å². The number of nitro groups is 1. The number of aromatic nitrogens is 1. The Hall–Kier alpha value is -2.47. The summed E-state index contributed by atoms with van der Waals surface area (Å²) in [7, 11) is 0. The van der Waals surface area contributed by atoms with Crippen molar-refractivity contribution in [3.05, 3.63) is 62.4 Å². The van der Waals surface area contributed by atoms with Gasteiger partial charge in [-0.05, 0) is 25.5 Å². The largest absolute Gasteiger partial charge is 0.321 e. The monoisotopic (exact) mass is 305 g/mol. The van der Waals surface area contributed by atoms with Crippen molar-refractivity contribution in [2.75, 3.05) is 5.32 Å². The van der Waals surface area contributed by atoms with E-state index in [0.717, 1.165) is 0 Å². The number of rotatable bonds is 3. The Morgan fingerprint density at radius 1 is 1.33 bits per heavy atom. The molecule has 0 saturated heterocycles. The molecule has 1 aromatic heterocycles. The first kappa shape index (κ1) is 14.9. The number of carbonyl (C=O) groups is 1. The quantitative estimate of drug-likeness (QED) is 0.694. The van der Waals surface area contributed by atoms with Crippen LogP contribution >= 0.6 is 11.6 Å². The zero-order valence-electron chi connectivity index (χ0n) is 11.4. The maximum atomic E-state index is 12.2. The second-order valence-electron chi connectivity index (χ2n) is 4.52. The summed E-state index contributed by atoms with van der Waals surface area (Å²) in [6.07, 6.45) is 1.37. The summed E-state index contributed by atoms with van der Waals surface area (Å²) in [5.41, 5.74) is 1.90. The van der Waals surface area contributed by atoms with E-state index in [1.165, 1.54) is 18.3 Å². The number of carbonyl (C=O) groups excluding carboxylic acids is 1. The highest BCUT2D eigenvalue weighted by molar-refractivity contribution is 6.34. The molecule has 0 unspecified atom stereocenters. The number of nitro benzene ring substituents is 1. The number of amides is 1. The van der Waals surface area contributed by atoms with Crippen molar-refractivity contribution in [3.8, 4) is 0 Å². The van der Waals surface area contributed by atoms with Crippen LogP contribution in [0.1, 0.15) is 21.6 Å². The van der Waals surface area contributed by atoms with Gasteiger partial charge >= 0.3 is 0 Å². The van der Waals surface area contributed by atoms with Crippen LogP contribution < -0.4 is 5.32 Å². The van der Waals surface area contributed by atoms with Crippen LogP contribution in [0.15, 0.2) is 30.5 Å². The lowest BCUT2D eigenvalue weighted by atomic mass is 10.1. The van der Waals surface area contributed by atoms with Crippen LogP contribution in [0.3, 0.4) is 0 Å². The van der Waals surface area contributed by atoms with Crippen molar-refractivity contribution in [1.29, 1.82) is 0 Å². The highest BCUT2D eigenvalue weighted by Gasteiger charge is 2.15. The topological polar surface area (TPSA) is 85.1 Å². The SMILES string of the molecule is Cc1cc(Cl)c(C(=O)Nc2cc([N+](=O)[O-])ccc2C)cn1. The number of hydrogen-bond donors (Lipinski definition) is 1. The van der Waals surface area contributed by atoms with E-state index in [9.17, 15) is 14.9 Å². The lowest BCUT2D eigenvalue weighted by molar-refractivity contribution is -0.384. The Morgan fingerprint density at radius 2 is 2.05 bits per heavy atom. The molecule has 0 bridgehead atoms. The molecule has 21 heavy (non-hydrogen) atoms. The molecule has 1 heterocycles. The molecule has 0 fully saturated rings. The average Bonchev–Trinajstić information content (AvgIpc) is 2.40. The predicted molar refractivity (Wildman–Crippen MR) is 79.8 cm³/mol. The summed E-state index contributed by atoms with van der Waals surface area (Å²) in [6, 6.07) is 5.84. The second-order valence-corrected chi connectivity index (χ2v) is 4.92. The fraction of sp³-hybridized carbons (Fsp3) is 0.143. The maximum absolute atomic E-state index is 12.2. The minimum Gasteiger partial charge on any atom is -0.321 e. The molecule has 2 aromatic rings. The Bertz CT molecular complexity index is 731. The standard InChI is InChI=1S/C14H12ClN3O3/c1-8-3-4-10(18(20)21)6-13(8)17-14(19)11-7-16-9(2)5-12(11)15/h3-7H,1-2H3,(H,17,19). The van der Waals surface area contributed by atoms with Crippen LogP contribution in [0, 0.1) is 24.0 Å². The van der Waals surface area contributed by atoms with Gasteiger partial charge in [0.25, 0.3) is 11.6 Å².